The zero-order valence-corrected chi connectivity index (χ0v) is 14.7. The molecule has 1 aromatic rings. The average molecular weight is 384 g/mol. The Balaban J connectivity index is 2.04. The number of nitrogens with zero attached hydrogens (tertiary/aromatic N) is 1. The van der Waals surface area contributed by atoms with E-state index in [1.807, 2.05) is 4.72 Å². The van der Waals surface area contributed by atoms with Crippen LogP contribution >= 0.6 is 0 Å². The molecule has 1 aliphatic rings. The fourth-order valence-electron chi connectivity index (χ4n) is 2.24. The van der Waals surface area contributed by atoms with E-state index in [1.54, 1.807) is 11.0 Å². The van der Waals surface area contributed by atoms with E-state index in [4.69, 9.17) is 14.9 Å². The molecular weight excluding hydrogens is 364 g/mol. The van der Waals surface area contributed by atoms with Gasteiger partial charge in [0.05, 0.1) is 24.7 Å². The number of rotatable bonds is 7. The average Bonchev–Trinajstić information content (AvgIpc) is 2.65. The molecule has 9 nitrogen and oxygen atoms in total. The molecule has 0 aliphatic carbocycles. The van der Waals surface area contributed by atoms with E-state index in [2.05, 4.69) is 0 Å². The van der Waals surface area contributed by atoms with Crippen molar-refractivity contribution in [1.82, 2.24) is 9.62 Å². The molecule has 0 radical (unpaired) electrons. The van der Waals surface area contributed by atoms with Crippen LogP contribution in [0.4, 0.5) is 0 Å². The van der Waals surface area contributed by atoms with Crippen LogP contribution in [-0.2, 0) is 24.3 Å². The molecule has 2 rings (SSSR count). The van der Waals surface area contributed by atoms with Crippen molar-refractivity contribution >= 4 is 28.0 Å². The number of aliphatic hydroxyl groups excluding tert-OH is 1. The van der Waals surface area contributed by atoms with Crippen molar-refractivity contribution in [2.75, 3.05) is 32.9 Å². The third kappa shape index (κ3) is 5.36. The summed E-state index contributed by atoms with van der Waals surface area (Å²) in [6.45, 7) is 1.21. The molecular formula is C16H20N2O7S. The molecule has 1 aromatic carbocycles. The Bertz CT molecular complexity index is 768. The van der Waals surface area contributed by atoms with Gasteiger partial charge in [0.15, 0.2) is 0 Å². The Morgan fingerprint density at radius 1 is 1.23 bits per heavy atom. The zero-order chi connectivity index (χ0) is 19.2. The predicted molar refractivity (Wildman–Crippen MR) is 91.7 cm³/mol. The second kappa shape index (κ2) is 8.90. The van der Waals surface area contributed by atoms with Crippen LogP contribution in [0.25, 0.3) is 6.08 Å². The van der Waals surface area contributed by atoms with Crippen LogP contribution in [0.1, 0.15) is 5.56 Å². The number of amides is 1. The highest BCUT2D eigenvalue weighted by Crippen LogP contribution is 2.12. The van der Waals surface area contributed by atoms with Crippen molar-refractivity contribution in [2.45, 2.75) is 10.9 Å². The summed E-state index contributed by atoms with van der Waals surface area (Å²) in [5.41, 5.74) is 0.613. The molecule has 1 fully saturated rings. The van der Waals surface area contributed by atoms with Gasteiger partial charge >= 0.3 is 5.97 Å². The maximum Gasteiger partial charge on any atom is 0.324 e. The van der Waals surface area contributed by atoms with Gasteiger partial charge < -0.3 is 19.8 Å². The van der Waals surface area contributed by atoms with Crippen LogP contribution in [-0.4, -0.2) is 74.4 Å². The fraction of sp³-hybridized carbons (Fsp3) is 0.375. The van der Waals surface area contributed by atoms with Crippen molar-refractivity contribution in [3.63, 3.8) is 0 Å². The molecule has 1 heterocycles. The highest BCUT2D eigenvalue weighted by Gasteiger charge is 2.24. The summed E-state index contributed by atoms with van der Waals surface area (Å²) >= 11 is 0. The van der Waals surface area contributed by atoms with E-state index in [0.717, 1.165) is 0 Å². The Kier molecular flexibility index (Phi) is 6.86. The molecule has 3 N–H and O–H groups in total. The van der Waals surface area contributed by atoms with Crippen LogP contribution in [0.5, 0.6) is 0 Å². The second-order valence-corrected chi connectivity index (χ2v) is 7.25. The molecule has 26 heavy (non-hydrogen) atoms. The van der Waals surface area contributed by atoms with E-state index < -0.39 is 28.6 Å². The number of benzene rings is 1. The maximum absolute atomic E-state index is 12.1. The highest BCUT2D eigenvalue weighted by atomic mass is 32.2. The van der Waals surface area contributed by atoms with Crippen molar-refractivity contribution in [3.8, 4) is 0 Å². The van der Waals surface area contributed by atoms with Gasteiger partial charge in [0, 0.05) is 19.2 Å². The molecule has 1 amide bonds. The fourth-order valence-corrected chi connectivity index (χ4v) is 3.42. The summed E-state index contributed by atoms with van der Waals surface area (Å²) < 4.78 is 31.3. The minimum atomic E-state index is -4.09. The molecule has 0 bridgehead atoms. The van der Waals surface area contributed by atoms with Crippen LogP contribution < -0.4 is 4.72 Å². The van der Waals surface area contributed by atoms with E-state index in [1.165, 1.54) is 30.3 Å². The number of carboxylic acid groups (broad SMARTS) is 1. The van der Waals surface area contributed by atoms with Crippen LogP contribution in [0.2, 0.25) is 0 Å². The number of aliphatic hydroxyl groups is 1. The van der Waals surface area contributed by atoms with Crippen molar-refractivity contribution in [2.24, 2.45) is 0 Å². The van der Waals surface area contributed by atoms with Crippen molar-refractivity contribution < 1.29 is 33.0 Å². The number of nitrogens with one attached hydrogen (secondary N) is 1. The smallest absolute Gasteiger partial charge is 0.324 e. The summed E-state index contributed by atoms with van der Waals surface area (Å²) in [5, 5.41) is 17.7. The van der Waals surface area contributed by atoms with Crippen LogP contribution in [0.15, 0.2) is 35.2 Å². The lowest BCUT2D eigenvalue weighted by atomic mass is 10.2. The number of carboxylic acids is 1. The van der Waals surface area contributed by atoms with Gasteiger partial charge in [-0.15, -0.1) is 0 Å². The lowest BCUT2D eigenvalue weighted by Crippen LogP contribution is -2.43. The third-order valence-electron chi connectivity index (χ3n) is 3.71. The van der Waals surface area contributed by atoms with E-state index in [9.17, 15) is 18.0 Å². The predicted octanol–water partition coefficient (Wildman–Crippen LogP) is -0.718. The minimum Gasteiger partial charge on any atom is -0.480 e. The first-order chi connectivity index (χ1) is 12.3. The second-order valence-electron chi connectivity index (χ2n) is 5.53. The van der Waals surface area contributed by atoms with Gasteiger partial charge in [-0.05, 0) is 23.8 Å². The lowest BCUT2D eigenvalue weighted by Gasteiger charge is -2.25. The summed E-state index contributed by atoms with van der Waals surface area (Å²) in [6, 6.07) is 3.94. The van der Waals surface area contributed by atoms with E-state index in [-0.39, 0.29) is 10.8 Å². The number of ether oxygens (including phenoxy) is 1. The Hall–Kier alpha value is -2.27. The number of hydrogen-bond donors (Lipinski definition) is 3. The Labute approximate surface area is 150 Å². The lowest BCUT2D eigenvalue weighted by molar-refractivity contribution is -0.139. The standard InChI is InChI=1S/C16H20N2O7S/c19-11-14(16(21)22)17-26(23,24)13-4-1-12(2-5-13)3-6-15(20)18-7-9-25-10-8-18/h1-6,14,17,19H,7-11H2,(H,21,22)/b6-3+/t14-/m0/s1. The number of hydrogen-bond acceptors (Lipinski definition) is 6. The van der Waals surface area contributed by atoms with Gasteiger partial charge in [0.2, 0.25) is 15.9 Å². The molecule has 0 saturated carbocycles. The van der Waals surface area contributed by atoms with Gasteiger partial charge in [0.1, 0.15) is 6.04 Å². The number of carbonyl (C=O) groups is 2. The minimum absolute atomic E-state index is 0.145. The zero-order valence-electron chi connectivity index (χ0n) is 13.9. The number of aliphatic carboxylic acids is 1. The van der Waals surface area contributed by atoms with Crippen molar-refractivity contribution in [3.05, 3.63) is 35.9 Å². The van der Waals surface area contributed by atoms with Crippen LogP contribution in [0.3, 0.4) is 0 Å². The molecule has 0 aromatic heterocycles. The SMILES string of the molecule is O=C(O)[C@H](CO)NS(=O)(=O)c1ccc(/C=C/C(=O)N2CCOCC2)cc1. The number of morpholine rings is 1. The van der Waals surface area contributed by atoms with Gasteiger partial charge in [-0.1, -0.05) is 12.1 Å². The molecule has 142 valence electrons. The summed E-state index contributed by atoms with van der Waals surface area (Å²) in [4.78, 5) is 24.4. The largest absolute Gasteiger partial charge is 0.480 e. The van der Waals surface area contributed by atoms with Gasteiger partial charge in [0.25, 0.3) is 0 Å². The van der Waals surface area contributed by atoms with Gasteiger partial charge in [-0.3, -0.25) is 9.59 Å². The van der Waals surface area contributed by atoms with Crippen molar-refractivity contribution in [1.29, 1.82) is 0 Å². The number of carbonyl (C=O) groups excluding carboxylic acids is 1. The molecule has 0 unspecified atom stereocenters. The van der Waals surface area contributed by atoms with Gasteiger partial charge in [-0.2, -0.15) is 4.72 Å². The normalized spacial score (nSPS) is 16.6. The highest BCUT2D eigenvalue weighted by molar-refractivity contribution is 7.89. The molecule has 10 heteroatoms. The quantitative estimate of drug-likeness (QED) is 0.529. The number of sulfonamides is 1. The first-order valence-electron chi connectivity index (χ1n) is 7.84. The van der Waals surface area contributed by atoms with Gasteiger partial charge in [-0.25, -0.2) is 8.42 Å². The maximum atomic E-state index is 12.1. The third-order valence-corrected chi connectivity index (χ3v) is 5.20. The first kappa shape index (κ1) is 20.0. The topological polar surface area (TPSA) is 133 Å². The summed E-state index contributed by atoms with van der Waals surface area (Å²) in [7, 11) is -4.09. The molecule has 0 spiro atoms. The Morgan fingerprint density at radius 2 is 1.85 bits per heavy atom. The van der Waals surface area contributed by atoms with E-state index >= 15 is 0 Å². The summed E-state index contributed by atoms with van der Waals surface area (Å²) in [6.07, 6.45) is 2.97. The Morgan fingerprint density at radius 3 is 2.38 bits per heavy atom. The molecule has 1 atom stereocenters. The van der Waals surface area contributed by atoms with E-state index in [0.29, 0.717) is 31.9 Å². The summed E-state index contributed by atoms with van der Waals surface area (Å²) in [5.74, 6) is -1.63. The monoisotopic (exact) mass is 384 g/mol. The first-order valence-corrected chi connectivity index (χ1v) is 9.32. The molecule has 1 saturated heterocycles. The van der Waals surface area contributed by atoms with Crippen LogP contribution in [0, 0.1) is 0 Å². The molecule has 1 aliphatic heterocycles.